The van der Waals surface area contributed by atoms with E-state index in [9.17, 15) is 9.00 Å². The minimum absolute atomic E-state index is 0.151. The number of nitrogens with one attached hydrogen (secondary N) is 2. The Labute approximate surface area is 131 Å². The van der Waals surface area contributed by atoms with Crippen LogP contribution in [-0.4, -0.2) is 28.3 Å². The van der Waals surface area contributed by atoms with E-state index in [1.54, 1.807) is 18.4 Å². The first kappa shape index (κ1) is 17.3. The van der Waals surface area contributed by atoms with Crippen LogP contribution in [0.5, 0.6) is 0 Å². The van der Waals surface area contributed by atoms with Crippen LogP contribution in [0.25, 0.3) is 0 Å². The molecule has 0 aliphatic heterocycles. The van der Waals surface area contributed by atoms with Crippen molar-refractivity contribution in [1.82, 2.24) is 10.6 Å². The van der Waals surface area contributed by atoms with E-state index in [0.717, 1.165) is 5.56 Å². The summed E-state index contributed by atoms with van der Waals surface area (Å²) in [6.07, 6.45) is 1.61. The third kappa shape index (κ3) is 5.69. The van der Waals surface area contributed by atoms with Crippen molar-refractivity contribution in [2.45, 2.75) is 25.9 Å². The molecule has 3 atom stereocenters. The normalized spacial score (nSPS) is 15.2. The number of benzene rings is 1. The van der Waals surface area contributed by atoms with Crippen molar-refractivity contribution in [2.75, 3.05) is 12.0 Å². The van der Waals surface area contributed by atoms with Gasteiger partial charge in [0.1, 0.15) is 0 Å². The molecular weight excluding hydrogens is 319 g/mol. The molecule has 0 unspecified atom stereocenters. The highest BCUT2D eigenvalue weighted by Crippen LogP contribution is 2.25. The summed E-state index contributed by atoms with van der Waals surface area (Å²) in [5, 5.41) is 6.46. The van der Waals surface area contributed by atoms with Crippen molar-refractivity contribution < 1.29 is 9.00 Å². The lowest BCUT2D eigenvalue weighted by Crippen LogP contribution is -2.43. The summed E-state index contributed by atoms with van der Waals surface area (Å²) >= 11 is 11.8. The molecule has 7 heteroatoms. The molecule has 0 fully saturated rings. The highest BCUT2D eigenvalue weighted by atomic mass is 35.5. The maximum absolute atomic E-state index is 11.8. The standard InChI is InChI=1S/C13H18Cl2N2O2S/c1-8(7-20(3)19)16-13(18)17-9(2)10-4-5-11(14)12(15)6-10/h4-6,8-9H,7H2,1-3H3,(H2,16,17,18)/t8-,9-,20+/m1/s1. The number of rotatable bonds is 5. The van der Waals surface area contributed by atoms with Crippen LogP contribution in [0.2, 0.25) is 10.0 Å². The second kappa shape index (κ2) is 7.86. The molecule has 1 aromatic carbocycles. The van der Waals surface area contributed by atoms with E-state index in [1.165, 1.54) is 0 Å². The second-order valence-corrected chi connectivity index (χ2v) is 6.95. The molecule has 112 valence electrons. The number of carbonyl (C=O) groups is 1. The van der Waals surface area contributed by atoms with Crippen LogP contribution >= 0.6 is 23.2 Å². The fraction of sp³-hybridized carbons (Fsp3) is 0.462. The lowest BCUT2D eigenvalue weighted by molar-refractivity contribution is 0.235. The zero-order valence-corrected chi connectivity index (χ0v) is 13.9. The summed E-state index contributed by atoms with van der Waals surface area (Å²) in [6.45, 7) is 3.66. The Morgan fingerprint density at radius 2 is 1.90 bits per heavy atom. The van der Waals surface area contributed by atoms with Gasteiger partial charge in [0.2, 0.25) is 0 Å². The molecule has 0 aromatic heterocycles. The summed E-state index contributed by atoms with van der Waals surface area (Å²) < 4.78 is 11.1. The van der Waals surface area contributed by atoms with E-state index in [0.29, 0.717) is 15.8 Å². The number of carbonyl (C=O) groups excluding carboxylic acids is 1. The molecule has 4 nitrogen and oxygen atoms in total. The van der Waals surface area contributed by atoms with Gasteiger partial charge in [-0.3, -0.25) is 4.21 Å². The van der Waals surface area contributed by atoms with Crippen LogP contribution in [0, 0.1) is 0 Å². The van der Waals surface area contributed by atoms with Gasteiger partial charge >= 0.3 is 6.03 Å². The van der Waals surface area contributed by atoms with Crippen molar-refractivity contribution in [3.63, 3.8) is 0 Å². The van der Waals surface area contributed by atoms with E-state index >= 15 is 0 Å². The molecule has 0 saturated heterocycles. The summed E-state index contributed by atoms with van der Waals surface area (Å²) in [4.78, 5) is 11.8. The van der Waals surface area contributed by atoms with Gasteiger partial charge in [0, 0.05) is 28.9 Å². The van der Waals surface area contributed by atoms with E-state index < -0.39 is 10.8 Å². The fourth-order valence-electron chi connectivity index (χ4n) is 1.72. The Morgan fingerprint density at radius 1 is 1.25 bits per heavy atom. The van der Waals surface area contributed by atoms with Gasteiger partial charge in [-0.25, -0.2) is 4.79 Å². The Morgan fingerprint density at radius 3 is 2.45 bits per heavy atom. The molecule has 0 radical (unpaired) electrons. The number of urea groups is 1. The Bertz CT molecular complexity index is 511. The molecule has 0 bridgehead atoms. The Hall–Kier alpha value is -0.780. The molecule has 0 saturated carbocycles. The Balaban J connectivity index is 2.56. The fourth-order valence-corrected chi connectivity index (χ4v) is 2.81. The summed E-state index contributed by atoms with van der Waals surface area (Å²) in [5.41, 5.74) is 0.862. The number of amides is 2. The molecule has 1 aromatic rings. The summed E-state index contributed by atoms with van der Waals surface area (Å²) in [7, 11) is -0.941. The lowest BCUT2D eigenvalue weighted by atomic mass is 10.1. The first-order valence-electron chi connectivity index (χ1n) is 6.11. The quantitative estimate of drug-likeness (QED) is 0.867. The van der Waals surface area contributed by atoms with Crippen LogP contribution in [0.3, 0.4) is 0 Å². The molecule has 20 heavy (non-hydrogen) atoms. The maximum atomic E-state index is 11.8. The van der Waals surface area contributed by atoms with Gasteiger partial charge in [0.25, 0.3) is 0 Å². The average Bonchev–Trinajstić information content (AvgIpc) is 2.30. The molecule has 2 amide bonds. The van der Waals surface area contributed by atoms with Crippen molar-refractivity contribution in [3.05, 3.63) is 33.8 Å². The minimum atomic E-state index is -0.941. The van der Waals surface area contributed by atoms with Crippen molar-refractivity contribution in [2.24, 2.45) is 0 Å². The van der Waals surface area contributed by atoms with Gasteiger partial charge in [0.05, 0.1) is 16.1 Å². The Kier molecular flexibility index (Phi) is 6.79. The van der Waals surface area contributed by atoms with Gasteiger partial charge in [-0.2, -0.15) is 0 Å². The lowest BCUT2D eigenvalue weighted by Gasteiger charge is -2.18. The molecule has 0 spiro atoms. The molecular formula is C13H18Cl2N2O2S. The van der Waals surface area contributed by atoms with Crippen LogP contribution in [-0.2, 0) is 10.8 Å². The van der Waals surface area contributed by atoms with E-state index in [-0.39, 0.29) is 18.1 Å². The van der Waals surface area contributed by atoms with Crippen molar-refractivity contribution in [3.8, 4) is 0 Å². The topological polar surface area (TPSA) is 58.2 Å². The van der Waals surface area contributed by atoms with Crippen LogP contribution in [0.4, 0.5) is 4.79 Å². The summed E-state index contributed by atoms with van der Waals surface area (Å²) in [6, 6.07) is 4.56. The van der Waals surface area contributed by atoms with Crippen molar-refractivity contribution >= 4 is 40.0 Å². The average molecular weight is 337 g/mol. The molecule has 0 aliphatic rings. The first-order chi connectivity index (χ1) is 9.29. The van der Waals surface area contributed by atoms with Gasteiger partial charge in [-0.15, -0.1) is 0 Å². The molecule has 1 rings (SSSR count). The van der Waals surface area contributed by atoms with E-state index in [4.69, 9.17) is 23.2 Å². The zero-order valence-electron chi connectivity index (χ0n) is 11.6. The largest absolute Gasteiger partial charge is 0.335 e. The number of hydrogen-bond acceptors (Lipinski definition) is 2. The monoisotopic (exact) mass is 336 g/mol. The van der Waals surface area contributed by atoms with E-state index in [2.05, 4.69) is 10.6 Å². The van der Waals surface area contributed by atoms with Gasteiger partial charge in [0.15, 0.2) is 0 Å². The maximum Gasteiger partial charge on any atom is 0.315 e. The smallest absolute Gasteiger partial charge is 0.315 e. The minimum Gasteiger partial charge on any atom is -0.335 e. The van der Waals surface area contributed by atoms with Gasteiger partial charge in [-0.05, 0) is 31.5 Å². The second-order valence-electron chi connectivity index (χ2n) is 4.65. The highest BCUT2D eigenvalue weighted by Gasteiger charge is 2.13. The zero-order chi connectivity index (χ0) is 15.3. The first-order valence-corrected chi connectivity index (χ1v) is 8.60. The van der Waals surface area contributed by atoms with Crippen LogP contribution in [0.15, 0.2) is 18.2 Å². The highest BCUT2D eigenvalue weighted by molar-refractivity contribution is 7.84. The molecule has 0 aliphatic carbocycles. The molecule has 0 heterocycles. The van der Waals surface area contributed by atoms with Crippen LogP contribution in [0.1, 0.15) is 25.5 Å². The van der Waals surface area contributed by atoms with Gasteiger partial charge in [-0.1, -0.05) is 29.3 Å². The van der Waals surface area contributed by atoms with Crippen molar-refractivity contribution in [1.29, 1.82) is 0 Å². The van der Waals surface area contributed by atoms with Gasteiger partial charge < -0.3 is 10.6 Å². The van der Waals surface area contributed by atoms with E-state index in [1.807, 2.05) is 19.9 Å². The predicted octanol–water partition coefficient (Wildman–Crippen LogP) is 3.12. The summed E-state index contributed by atoms with van der Waals surface area (Å²) in [5.74, 6) is 0.425. The number of halogens is 2. The predicted molar refractivity (Wildman–Crippen MR) is 84.9 cm³/mol. The third-order valence-electron chi connectivity index (χ3n) is 2.65. The third-order valence-corrected chi connectivity index (χ3v) is 4.36. The van der Waals surface area contributed by atoms with Crippen LogP contribution < -0.4 is 10.6 Å². The number of hydrogen-bond donors (Lipinski definition) is 2. The molecule has 2 N–H and O–H groups in total. The SMILES string of the molecule is C[C@H](C[S@](C)=O)NC(=O)N[C@H](C)c1ccc(Cl)c(Cl)c1.